The monoisotopic (exact) mass is 282 g/mol. The van der Waals surface area contributed by atoms with Gasteiger partial charge in [-0.2, -0.15) is 0 Å². The summed E-state index contributed by atoms with van der Waals surface area (Å²) in [5, 5.41) is 3.33. The molecule has 1 fully saturated rings. The van der Waals surface area contributed by atoms with Crippen LogP contribution in [0.15, 0.2) is 12.1 Å². The van der Waals surface area contributed by atoms with Crippen LogP contribution in [0.1, 0.15) is 11.1 Å². The average molecular weight is 282 g/mol. The Kier molecular flexibility index (Phi) is 5.61. The number of ether oxygens (including phenoxy) is 2. The van der Waals surface area contributed by atoms with E-state index >= 15 is 0 Å². The molecule has 1 N–H and O–H groups in total. The van der Waals surface area contributed by atoms with Gasteiger partial charge in [0.05, 0.1) is 14.2 Å². The number of piperazine rings is 1. The summed E-state index contributed by atoms with van der Waals surface area (Å²) in [6, 6.07) is 3.64. The molecule has 1 aliphatic rings. The Morgan fingerprint density at radius 1 is 1.10 bits per heavy atom. The van der Waals surface area contributed by atoms with E-state index in [-0.39, 0.29) is 0 Å². The highest BCUT2D eigenvalue weighted by molar-refractivity contribution is 5.47. The van der Waals surface area contributed by atoms with Crippen molar-refractivity contribution in [1.29, 1.82) is 0 Å². The number of rotatable bonds is 6. The van der Waals surface area contributed by atoms with Crippen LogP contribution in [0.4, 0.5) is 4.39 Å². The molecule has 1 heterocycles. The molecule has 1 aromatic carbocycles. The zero-order valence-electron chi connectivity index (χ0n) is 12.2. The summed E-state index contributed by atoms with van der Waals surface area (Å²) in [6.07, 6.45) is 0.833. The van der Waals surface area contributed by atoms with Crippen molar-refractivity contribution in [2.45, 2.75) is 13.1 Å². The molecule has 1 aromatic rings. The van der Waals surface area contributed by atoms with Crippen molar-refractivity contribution in [3.63, 3.8) is 0 Å². The van der Waals surface area contributed by atoms with Crippen molar-refractivity contribution < 1.29 is 13.9 Å². The summed E-state index contributed by atoms with van der Waals surface area (Å²) in [5.41, 5.74) is 1.70. The predicted molar refractivity (Wildman–Crippen MR) is 77.4 cm³/mol. The summed E-state index contributed by atoms with van der Waals surface area (Å²) in [6.45, 7) is 4.64. The molecule has 0 unspecified atom stereocenters. The highest BCUT2D eigenvalue weighted by atomic mass is 19.1. The van der Waals surface area contributed by atoms with Crippen LogP contribution in [0.5, 0.6) is 11.5 Å². The minimum Gasteiger partial charge on any atom is -0.493 e. The number of hydrogen-bond donors (Lipinski definition) is 1. The quantitative estimate of drug-likeness (QED) is 0.860. The Hall–Kier alpha value is -1.33. The standard InChI is InChI=1S/C15H23FN2O2/c1-19-14-9-12(13(11-16)10-15(14)20-2)3-6-18-7-4-17-5-8-18/h9-10,17H,3-8,11H2,1-2H3. The summed E-state index contributed by atoms with van der Waals surface area (Å²) < 4.78 is 23.7. The Morgan fingerprint density at radius 2 is 1.70 bits per heavy atom. The van der Waals surface area contributed by atoms with Crippen LogP contribution in [0.25, 0.3) is 0 Å². The molecule has 5 heteroatoms. The van der Waals surface area contributed by atoms with Gasteiger partial charge in [0.2, 0.25) is 0 Å². The fraction of sp³-hybridized carbons (Fsp3) is 0.600. The van der Waals surface area contributed by atoms with E-state index in [4.69, 9.17) is 9.47 Å². The molecule has 0 spiro atoms. The van der Waals surface area contributed by atoms with E-state index in [9.17, 15) is 4.39 Å². The van der Waals surface area contributed by atoms with E-state index in [0.29, 0.717) is 17.1 Å². The summed E-state index contributed by atoms with van der Waals surface area (Å²) in [4.78, 5) is 2.40. The van der Waals surface area contributed by atoms with E-state index in [1.807, 2.05) is 6.07 Å². The first-order valence-electron chi connectivity index (χ1n) is 7.01. The summed E-state index contributed by atoms with van der Waals surface area (Å²) in [5.74, 6) is 1.26. The van der Waals surface area contributed by atoms with Gasteiger partial charge in [-0.3, -0.25) is 0 Å². The normalized spacial score (nSPS) is 16.1. The van der Waals surface area contributed by atoms with Crippen molar-refractivity contribution in [3.05, 3.63) is 23.3 Å². The molecule has 0 radical (unpaired) electrons. The van der Waals surface area contributed by atoms with Crippen LogP contribution in [0, 0.1) is 0 Å². The molecule has 0 aliphatic carbocycles. The maximum Gasteiger partial charge on any atom is 0.161 e. The Bertz CT molecular complexity index is 434. The Balaban J connectivity index is 2.08. The van der Waals surface area contributed by atoms with Crippen LogP contribution in [-0.4, -0.2) is 51.8 Å². The van der Waals surface area contributed by atoms with E-state index in [1.54, 1.807) is 20.3 Å². The molecular weight excluding hydrogens is 259 g/mol. The largest absolute Gasteiger partial charge is 0.493 e. The molecule has 112 valence electrons. The maximum absolute atomic E-state index is 13.2. The first-order valence-corrected chi connectivity index (χ1v) is 7.01. The molecule has 2 rings (SSSR count). The first kappa shape index (κ1) is 15.1. The van der Waals surface area contributed by atoms with Crippen LogP contribution in [0.3, 0.4) is 0 Å². The van der Waals surface area contributed by atoms with Crippen LogP contribution < -0.4 is 14.8 Å². The molecule has 4 nitrogen and oxygen atoms in total. The van der Waals surface area contributed by atoms with Crippen molar-refractivity contribution >= 4 is 0 Å². The predicted octanol–water partition coefficient (Wildman–Crippen LogP) is 1.62. The van der Waals surface area contributed by atoms with Crippen molar-refractivity contribution in [1.82, 2.24) is 10.2 Å². The lowest BCUT2D eigenvalue weighted by molar-refractivity contribution is 0.243. The fourth-order valence-corrected chi connectivity index (χ4v) is 2.53. The number of benzene rings is 1. The number of nitrogens with zero attached hydrogens (tertiary/aromatic N) is 1. The number of halogens is 1. The number of methoxy groups -OCH3 is 2. The molecule has 0 atom stereocenters. The van der Waals surface area contributed by atoms with Gasteiger partial charge in [0.15, 0.2) is 11.5 Å². The van der Waals surface area contributed by atoms with Gasteiger partial charge in [-0.05, 0) is 29.7 Å². The molecule has 0 saturated carbocycles. The molecule has 20 heavy (non-hydrogen) atoms. The molecule has 1 aliphatic heterocycles. The van der Waals surface area contributed by atoms with Crippen LogP contribution in [-0.2, 0) is 13.1 Å². The second-order valence-corrected chi connectivity index (χ2v) is 4.95. The zero-order valence-corrected chi connectivity index (χ0v) is 12.2. The van der Waals surface area contributed by atoms with Crippen LogP contribution in [0.2, 0.25) is 0 Å². The number of hydrogen-bond acceptors (Lipinski definition) is 4. The van der Waals surface area contributed by atoms with E-state index in [0.717, 1.165) is 44.7 Å². The third kappa shape index (κ3) is 3.61. The fourth-order valence-electron chi connectivity index (χ4n) is 2.53. The zero-order chi connectivity index (χ0) is 14.4. The van der Waals surface area contributed by atoms with E-state index < -0.39 is 6.67 Å². The highest BCUT2D eigenvalue weighted by Crippen LogP contribution is 2.31. The van der Waals surface area contributed by atoms with Crippen molar-refractivity contribution in [2.24, 2.45) is 0 Å². The molecule has 0 bridgehead atoms. The van der Waals surface area contributed by atoms with Crippen molar-refractivity contribution in [3.8, 4) is 11.5 Å². The lowest BCUT2D eigenvalue weighted by atomic mass is 10.0. The molecular formula is C15H23FN2O2. The molecule has 0 aromatic heterocycles. The van der Waals surface area contributed by atoms with Gasteiger partial charge in [0.25, 0.3) is 0 Å². The van der Waals surface area contributed by atoms with Gasteiger partial charge in [-0.1, -0.05) is 0 Å². The third-order valence-electron chi connectivity index (χ3n) is 3.76. The highest BCUT2D eigenvalue weighted by Gasteiger charge is 2.14. The Labute approximate surface area is 119 Å². The second-order valence-electron chi connectivity index (χ2n) is 4.95. The number of nitrogens with one attached hydrogen (secondary N) is 1. The van der Waals surface area contributed by atoms with Gasteiger partial charge in [-0.15, -0.1) is 0 Å². The molecule has 1 saturated heterocycles. The van der Waals surface area contributed by atoms with Crippen molar-refractivity contribution in [2.75, 3.05) is 46.9 Å². The lowest BCUT2D eigenvalue weighted by Gasteiger charge is -2.27. The van der Waals surface area contributed by atoms with Gasteiger partial charge in [-0.25, -0.2) is 4.39 Å². The van der Waals surface area contributed by atoms with E-state index in [1.165, 1.54) is 0 Å². The second kappa shape index (κ2) is 7.45. The third-order valence-corrected chi connectivity index (χ3v) is 3.76. The first-order chi connectivity index (χ1) is 9.78. The van der Waals surface area contributed by atoms with Gasteiger partial charge in [0.1, 0.15) is 6.67 Å². The SMILES string of the molecule is COc1cc(CF)c(CCN2CCNCC2)cc1OC. The number of alkyl halides is 1. The van der Waals surface area contributed by atoms with Gasteiger partial charge >= 0.3 is 0 Å². The van der Waals surface area contributed by atoms with Crippen LogP contribution >= 0.6 is 0 Å². The topological polar surface area (TPSA) is 33.7 Å². The summed E-state index contributed by atoms with van der Waals surface area (Å²) in [7, 11) is 3.17. The minimum absolute atomic E-state index is 0.475. The minimum atomic E-state index is -0.475. The van der Waals surface area contributed by atoms with Gasteiger partial charge < -0.3 is 19.7 Å². The summed E-state index contributed by atoms with van der Waals surface area (Å²) >= 11 is 0. The smallest absolute Gasteiger partial charge is 0.161 e. The van der Waals surface area contributed by atoms with Gasteiger partial charge in [0, 0.05) is 32.7 Å². The lowest BCUT2D eigenvalue weighted by Crippen LogP contribution is -2.44. The maximum atomic E-state index is 13.2. The Morgan fingerprint density at radius 3 is 2.25 bits per heavy atom. The van der Waals surface area contributed by atoms with E-state index in [2.05, 4.69) is 10.2 Å². The average Bonchev–Trinajstić information content (AvgIpc) is 2.52. The molecule has 0 amide bonds.